The van der Waals surface area contributed by atoms with Crippen LogP contribution in [0.25, 0.3) is 0 Å². The molecule has 0 aliphatic heterocycles. The van der Waals surface area contributed by atoms with Gasteiger partial charge in [0.15, 0.2) is 5.78 Å². The van der Waals surface area contributed by atoms with Crippen molar-refractivity contribution in [3.8, 4) is 0 Å². The predicted octanol–water partition coefficient (Wildman–Crippen LogP) is 5.92. The lowest BCUT2D eigenvalue weighted by molar-refractivity contribution is -0.114. The van der Waals surface area contributed by atoms with Crippen LogP contribution in [-0.2, 0) is 4.79 Å². The first-order valence-corrected chi connectivity index (χ1v) is 9.78. The maximum atomic E-state index is 11.7. The van der Waals surface area contributed by atoms with Crippen molar-refractivity contribution in [2.75, 3.05) is 0 Å². The van der Waals surface area contributed by atoms with E-state index in [0.717, 1.165) is 31.1 Å². The highest BCUT2D eigenvalue weighted by molar-refractivity contribution is 5.93. The van der Waals surface area contributed by atoms with E-state index in [4.69, 9.17) is 0 Å². The maximum absolute atomic E-state index is 11.7. The van der Waals surface area contributed by atoms with Crippen molar-refractivity contribution in [3.05, 3.63) is 34.4 Å². The molecule has 3 unspecified atom stereocenters. The summed E-state index contributed by atoms with van der Waals surface area (Å²) in [5.41, 5.74) is 6.99. The van der Waals surface area contributed by atoms with Crippen molar-refractivity contribution in [2.45, 2.75) is 78.1 Å². The summed E-state index contributed by atoms with van der Waals surface area (Å²) in [7, 11) is 0. The van der Waals surface area contributed by atoms with Gasteiger partial charge in [0.1, 0.15) is 0 Å². The van der Waals surface area contributed by atoms with Crippen LogP contribution >= 0.6 is 0 Å². The minimum Gasteiger partial charge on any atom is -0.295 e. The monoisotopic (exact) mass is 310 g/mol. The van der Waals surface area contributed by atoms with Crippen LogP contribution in [0, 0.1) is 17.3 Å². The van der Waals surface area contributed by atoms with Gasteiger partial charge in [0.05, 0.1) is 0 Å². The first kappa shape index (κ1) is 15.4. The van der Waals surface area contributed by atoms with Gasteiger partial charge in [-0.1, -0.05) is 37.5 Å². The molecule has 4 rings (SSSR count). The fourth-order valence-electron chi connectivity index (χ4n) is 5.95. The number of rotatable bonds is 3. The van der Waals surface area contributed by atoms with Crippen molar-refractivity contribution in [3.63, 3.8) is 0 Å². The summed E-state index contributed by atoms with van der Waals surface area (Å²) in [6, 6.07) is 0. The quantitative estimate of drug-likeness (QED) is 0.591. The molecule has 1 saturated carbocycles. The second-order valence-electron chi connectivity index (χ2n) is 8.38. The Hall–Kier alpha value is -1.11. The fraction of sp³-hybridized carbons (Fsp3) is 0.682. The first-order valence-electron chi connectivity index (χ1n) is 9.78. The second-order valence-corrected chi connectivity index (χ2v) is 8.38. The van der Waals surface area contributed by atoms with Gasteiger partial charge < -0.3 is 0 Å². The highest BCUT2D eigenvalue weighted by Crippen LogP contribution is 2.60. The molecule has 0 N–H and O–H groups in total. The number of hydrogen-bond donors (Lipinski definition) is 0. The van der Waals surface area contributed by atoms with E-state index in [1.807, 2.05) is 6.08 Å². The molecule has 23 heavy (non-hydrogen) atoms. The Bertz CT molecular complexity index is 618. The van der Waals surface area contributed by atoms with Crippen LogP contribution in [0.15, 0.2) is 34.4 Å². The average Bonchev–Trinajstić information content (AvgIpc) is 2.89. The topological polar surface area (TPSA) is 17.1 Å². The van der Waals surface area contributed by atoms with E-state index in [-0.39, 0.29) is 0 Å². The minimum atomic E-state index is 0.354. The van der Waals surface area contributed by atoms with Crippen LogP contribution in [0.5, 0.6) is 0 Å². The van der Waals surface area contributed by atoms with E-state index in [0.29, 0.717) is 11.2 Å². The fourth-order valence-corrected chi connectivity index (χ4v) is 5.95. The van der Waals surface area contributed by atoms with Gasteiger partial charge in [-0.25, -0.2) is 0 Å². The Morgan fingerprint density at radius 1 is 1.22 bits per heavy atom. The number of unbranched alkanes of at least 4 members (excludes halogenated alkanes) is 1. The number of fused-ring (bicyclic) bond motifs is 4. The van der Waals surface area contributed by atoms with Crippen molar-refractivity contribution in [1.82, 2.24) is 0 Å². The number of carbonyl (C=O) groups is 1. The van der Waals surface area contributed by atoms with Gasteiger partial charge in [-0.3, -0.25) is 4.79 Å². The molecular weight excluding hydrogens is 280 g/mol. The third-order valence-electron chi connectivity index (χ3n) is 7.27. The van der Waals surface area contributed by atoms with Crippen LogP contribution in [-0.4, -0.2) is 5.78 Å². The summed E-state index contributed by atoms with van der Waals surface area (Å²) in [6.45, 7) is 4.86. The molecule has 0 heterocycles. The largest absolute Gasteiger partial charge is 0.295 e. The lowest BCUT2D eigenvalue weighted by atomic mass is 9.56. The predicted molar refractivity (Wildman–Crippen MR) is 95.1 cm³/mol. The highest BCUT2D eigenvalue weighted by atomic mass is 16.1. The molecular formula is C22H30O. The van der Waals surface area contributed by atoms with Crippen LogP contribution in [0.3, 0.4) is 0 Å². The van der Waals surface area contributed by atoms with E-state index in [1.165, 1.54) is 50.5 Å². The molecule has 0 aromatic rings. The molecule has 0 amide bonds. The van der Waals surface area contributed by atoms with E-state index in [2.05, 4.69) is 19.9 Å². The molecule has 0 saturated heterocycles. The molecule has 124 valence electrons. The Labute approximate surface area is 140 Å². The van der Waals surface area contributed by atoms with E-state index >= 15 is 0 Å². The number of carbonyl (C=O) groups excluding carboxylic acids is 1. The van der Waals surface area contributed by atoms with E-state index in [1.54, 1.807) is 16.7 Å². The number of allylic oxidation sites excluding steroid dienone is 6. The maximum Gasteiger partial charge on any atom is 0.156 e. The zero-order valence-corrected chi connectivity index (χ0v) is 14.8. The lowest BCUT2D eigenvalue weighted by Crippen LogP contribution is -2.38. The smallest absolute Gasteiger partial charge is 0.156 e. The summed E-state index contributed by atoms with van der Waals surface area (Å²) in [5.74, 6) is 1.99. The third-order valence-corrected chi connectivity index (χ3v) is 7.27. The molecule has 0 bridgehead atoms. The summed E-state index contributed by atoms with van der Waals surface area (Å²) < 4.78 is 0. The highest BCUT2D eigenvalue weighted by Gasteiger charge is 2.49. The van der Waals surface area contributed by atoms with Gasteiger partial charge in [0, 0.05) is 6.42 Å². The summed E-state index contributed by atoms with van der Waals surface area (Å²) in [4.78, 5) is 11.7. The second kappa shape index (κ2) is 5.76. The van der Waals surface area contributed by atoms with Gasteiger partial charge >= 0.3 is 0 Å². The molecule has 3 atom stereocenters. The molecule has 0 aromatic heterocycles. The van der Waals surface area contributed by atoms with Crippen LogP contribution in [0.4, 0.5) is 0 Å². The van der Waals surface area contributed by atoms with Crippen LogP contribution in [0.2, 0.25) is 0 Å². The first-order chi connectivity index (χ1) is 11.1. The Morgan fingerprint density at radius 2 is 2.09 bits per heavy atom. The Morgan fingerprint density at radius 3 is 2.91 bits per heavy atom. The molecule has 1 fully saturated rings. The van der Waals surface area contributed by atoms with Crippen LogP contribution < -0.4 is 0 Å². The average molecular weight is 310 g/mol. The SMILES string of the molecule is CCCCC1=CCC2C3CCC4=CC(=O)CCC4=C3CCC12C. The summed E-state index contributed by atoms with van der Waals surface area (Å²) >= 11 is 0. The molecule has 4 aliphatic carbocycles. The van der Waals surface area contributed by atoms with Gasteiger partial charge in [0.2, 0.25) is 0 Å². The zero-order valence-electron chi connectivity index (χ0n) is 14.8. The minimum absolute atomic E-state index is 0.354. The van der Waals surface area contributed by atoms with Crippen molar-refractivity contribution in [1.29, 1.82) is 0 Å². The zero-order chi connectivity index (χ0) is 16.0. The van der Waals surface area contributed by atoms with Gasteiger partial charge in [0.25, 0.3) is 0 Å². The molecule has 0 aromatic carbocycles. The summed E-state index contributed by atoms with van der Waals surface area (Å²) in [6.07, 6.45) is 16.7. The van der Waals surface area contributed by atoms with Crippen LogP contribution in [0.1, 0.15) is 78.1 Å². The Kier molecular flexibility index (Phi) is 3.86. The standard InChI is InChI=1S/C22H30O/c1-3-4-5-16-7-11-21-20-9-6-15-14-17(23)8-10-18(15)19(20)12-13-22(16,21)2/h7,14,20-21H,3-6,8-13H2,1-2H3. The van der Waals surface area contributed by atoms with Crippen molar-refractivity contribution >= 4 is 5.78 Å². The van der Waals surface area contributed by atoms with Gasteiger partial charge in [-0.05, 0) is 85.8 Å². The third kappa shape index (κ3) is 2.39. The summed E-state index contributed by atoms with van der Waals surface area (Å²) in [5, 5.41) is 0. The van der Waals surface area contributed by atoms with Gasteiger partial charge in [-0.15, -0.1) is 0 Å². The number of ketones is 1. The molecule has 0 radical (unpaired) electrons. The van der Waals surface area contributed by atoms with E-state index < -0.39 is 0 Å². The van der Waals surface area contributed by atoms with Crippen molar-refractivity contribution in [2.24, 2.45) is 17.3 Å². The van der Waals surface area contributed by atoms with Crippen molar-refractivity contribution < 1.29 is 4.79 Å². The molecule has 4 aliphatic rings. The molecule has 1 heteroatoms. The van der Waals surface area contributed by atoms with E-state index in [9.17, 15) is 4.79 Å². The normalized spacial score (nSPS) is 36.2. The Balaban J connectivity index is 1.63. The number of hydrogen-bond acceptors (Lipinski definition) is 1. The van der Waals surface area contributed by atoms with Gasteiger partial charge in [-0.2, -0.15) is 0 Å². The molecule has 0 spiro atoms. The lowest BCUT2D eigenvalue weighted by Gasteiger charge is -2.48. The molecule has 1 nitrogen and oxygen atoms in total.